The van der Waals surface area contributed by atoms with Gasteiger partial charge >= 0.3 is 0 Å². The van der Waals surface area contributed by atoms with E-state index in [1.807, 2.05) is 13.2 Å². The summed E-state index contributed by atoms with van der Waals surface area (Å²) in [5, 5.41) is 27.0. The molecular weight excluding hydrogens is 342 g/mol. The Morgan fingerprint density at radius 2 is 2.15 bits per heavy atom. The van der Waals surface area contributed by atoms with Crippen molar-refractivity contribution in [3.63, 3.8) is 0 Å². The van der Waals surface area contributed by atoms with Gasteiger partial charge in [0, 0.05) is 44.4 Å². The van der Waals surface area contributed by atoms with E-state index >= 15 is 0 Å². The Hall–Kier alpha value is -2.50. The van der Waals surface area contributed by atoms with E-state index in [1.165, 1.54) is 0 Å². The van der Waals surface area contributed by atoms with Gasteiger partial charge in [-0.1, -0.05) is 6.92 Å². The number of aliphatic hydroxyl groups excluding tert-OH is 1. The molecule has 2 unspecified atom stereocenters. The van der Waals surface area contributed by atoms with Crippen LogP contribution in [0.1, 0.15) is 31.9 Å². The highest BCUT2D eigenvalue weighted by atomic mass is 16.3. The molecule has 0 bridgehead atoms. The molecule has 142 valence electrons. The molecule has 27 heavy (non-hydrogen) atoms. The van der Waals surface area contributed by atoms with E-state index in [4.69, 9.17) is 4.98 Å². The molecule has 0 amide bonds. The van der Waals surface area contributed by atoms with Crippen molar-refractivity contribution in [1.29, 1.82) is 5.26 Å². The topological polar surface area (TPSA) is 103 Å². The summed E-state index contributed by atoms with van der Waals surface area (Å²) < 4.78 is 1.69. The largest absolute Gasteiger partial charge is 0.378 e. The fourth-order valence-corrected chi connectivity index (χ4v) is 4.66. The van der Waals surface area contributed by atoms with Crippen LogP contribution in [0.15, 0.2) is 18.6 Å². The third-order valence-electron chi connectivity index (χ3n) is 6.20. The van der Waals surface area contributed by atoms with E-state index in [-0.39, 0.29) is 5.41 Å². The van der Waals surface area contributed by atoms with Crippen molar-refractivity contribution in [2.24, 2.45) is 18.4 Å². The van der Waals surface area contributed by atoms with Gasteiger partial charge < -0.3 is 10.0 Å². The Bertz CT molecular complexity index is 863. The van der Waals surface area contributed by atoms with E-state index in [9.17, 15) is 10.4 Å². The average molecular weight is 367 g/mol. The number of aromatic nitrogens is 4. The van der Waals surface area contributed by atoms with E-state index < -0.39 is 6.23 Å². The van der Waals surface area contributed by atoms with Gasteiger partial charge in [-0.3, -0.25) is 10.00 Å². The van der Waals surface area contributed by atoms with Crippen LogP contribution in [0.4, 0.5) is 5.82 Å². The molecule has 1 spiro atoms. The Balaban J connectivity index is 1.56. The molecule has 2 aromatic heterocycles. The quantitative estimate of drug-likeness (QED) is 0.842. The van der Waals surface area contributed by atoms with Gasteiger partial charge in [0.2, 0.25) is 0 Å². The van der Waals surface area contributed by atoms with Crippen LogP contribution in [0.25, 0.3) is 11.3 Å². The van der Waals surface area contributed by atoms with E-state index in [0.29, 0.717) is 17.3 Å². The number of piperidine rings is 1. The summed E-state index contributed by atoms with van der Waals surface area (Å²) in [6.07, 6.45) is 7.85. The maximum Gasteiger partial charge on any atom is 0.167 e. The maximum atomic E-state index is 10.2. The number of nitriles is 1. The van der Waals surface area contributed by atoms with E-state index in [2.05, 4.69) is 33.3 Å². The first-order valence-corrected chi connectivity index (χ1v) is 9.49. The molecule has 2 aromatic rings. The average Bonchev–Trinajstić information content (AvgIpc) is 3.25. The van der Waals surface area contributed by atoms with Gasteiger partial charge in [-0.15, -0.1) is 0 Å². The van der Waals surface area contributed by atoms with Crippen molar-refractivity contribution in [3.8, 4) is 17.3 Å². The van der Waals surface area contributed by atoms with Crippen molar-refractivity contribution in [3.05, 3.63) is 24.3 Å². The zero-order valence-electron chi connectivity index (χ0n) is 15.8. The van der Waals surface area contributed by atoms with E-state index in [1.54, 1.807) is 17.1 Å². The third-order valence-corrected chi connectivity index (χ3v) is 6.20. The third kappa shape index (κ3) is 3.07. The molecule has 0 radical (unpaired) electrons. The molecular formula is C19H25N7O. The number of rotatable bonds is 3. The molecule has 2 aliphatic rings. The lowest BCUT2D eigenvalue weighted by Gasteiger charge is -2.43. The van der Waals surface area contributed by atoms with Crippen LogP contribution in [-0.4, -0.2) is 50.7 Å². The van der Waals surface area contributed by atoms with Gasteiger partial charge in [-0.05, 0) is 24.7 Å². The standard InChI is InChI=1S/C19H25N7O/c1-3-14-18(27)22-12-19(14)4-6-26(7-5-19)16-10-21-15(8-20)17(24-16)13-9-23-25(2)11-13/h9-11,14,18,22,27H,3-7,12H2,1-2H3. The summed E-state index contributed by atoms with van der Waals surface area (Å²) in [7, 11) is 1.84. The monoisotopic (exact) mass is 367 g/mol. The minimum absolute atomic E-state index is 0.164. The number of anilines is 1. The van der Waals surface area contributed by atoms with Crippen molar-refractivity contribution in [1.82, 2.24) is 25.1 Å². The second kappa shape index (κ2) is 6.91. The Kier molecular flexibility index (Phi) is 4.58. The summed E-state index contributed by atoms with van der Waals surface area (Å²) in [4.78, 5) is 11.3. The summed E-state index contributed by atoms with van der Waals surface area (Å²) in [6.45, 7) is 4.78. The van der Waals surface area contributed by atoms with Crippen molar-refractivity contribution >= 4 is 5.82 Å². The lowest BCUT2D eigenvalue weighted by atomic mass is 9.69. The number of hydrogen-bond acceptors (Lipinski definition) is 7. The van der Waals surface area contributed by atoms with Gasteiger partial charge in [0.05, 0.1) is 12.4 Å². The van der Waals surface area contributed by atoms with Crippen LogP contribution in [0, 0.1) is 22.7 Å². The summed E-state index contributed by atoms with van der Waals surface area (Å²) in [5.74, 6) is 1.10. The van der Waals surface area contributed by atoms with Gasteiger partial charge in [0.1, 0.15) is 23.8 Å². The second-order valence-corrected chi connectivity index (χ2v) is 7.63. The van der Waals surface area contributed by atoms with Crippen LogP contribution in [0.2, 0.25) is 0 Å². The predicted octanol–water partition coefficient (Wildman–Crippen LogP) is 1.28. The molecule has 2 aliphatic heterocycles. The minimum Gasteiger partial charge on any atom is -0.378 e. The minimum atomic E-state index is -0.395. The SMILES string of the molecule is CCC1C(O)NCC12CCN(c1cnc(C#N)c(-c3cnn(C)c3)n1)CC2. The second-order valence-electron chi connectivity index (χ2n) is 7.63. The number of aryl methyl sites for hydroxylation is 1. The normalized spacial score (nSPS) is 24.3. The van der Waals surface area contributed by atoms with Gasteiger partial charge in [-0.2, -0.15) is 10.4 Å². The smallest absolute Gasteiger partial charge is 0.167 e. The molecule has 2 saturated heterocycles. The van der Waals surface area contributed by atoms with Crippen LogP contribution >= 0.6 is 0 Å². The van der Waals surface area contributed by atoms with E-state index in [0.717, 1.165) is 50.3 Å². The van der Waals surface area contributed by atoms with Crippen molar-refractivity contribution < 1.29 is 5.11 Å². The fourth-order valence-electron chi connectivity index (χ4n) is 4.66. The summed E-state index contributed by atoms with van der Waals surface area (Å²) >= 11 is 0. The number of hydrogen-bond donors (Lipinski definition) is 2. The summed E-state index contributed by atoms with van der Waals surface area (Å²) in [5.41, 5.74) is 1.85. The lowest BCUT2D eigenvalue weighted by Crippen LogP contribution is -2.45. The first kappa shape index (κ1) is 17.9. The molecule has 2 atom stereocenters. The van der Waals surface area contributed by atoms with Gasteiger partial charge in [0.15, 0.2) is 5.69 Å². The summed E-state index contributed by atoms with van der Waals surface area (Å²) in [6, 6.07) is 2.13. The highest BCUT2D eigenvalue weighted by molar-refractivity contribution is 5.65. The van der Waals surface area contributed by atoms with Crippen molar-refractivity contribution in [2.45, 2.75) is 32.4 Å². The number of nitrogens with zero attached hydrogens (tertiary/aromatic N) is 6. The molecule has 0 aliphatic carbocycles. The van der Waals surface area contributed by atoms with Crippen LogP contribution in [-0.2, 0) is 7.05 Å². The first-order chi connectivity index (χ1) is 13.1. The molecule has 8 nitrogen and oxygen atoms in total. The Labute approximate surface area is 158 Å². The Morgan fingerprint density at radius 3 is 2.78 bits per heavy atom. The lowest BCUT2D eigenvalue weighted by molar-refractivity contribution is 0.0545. The molecule has 2 fully saturated rings. The molecule has 8 heteroatoms. The van der Waals surface area contributed by atoms with Crippen LogP contribution in [0.3, 0.4) is 0 Å². The Morgan fingerprint density at radius 1 is 1.37 bits per heavy atom. The molecule has 2 N–H and O–H groups in total. The number of nitrogens with one attached hydrogen (secondary N) is 1. The van der Waals surface area contributed by atoms with Gasteiger partial charge in [-0.25, -0.2) is 9.97 Å². The van der Waals surface area contributed by atoms with Gasteiger partial charge in [0.25, 0.3) is 0 Å². The maximum absolute atomic E-state index is 10.2. The van der Waals surface area contributed by atoms with Crippen molar-refractivity contribution in [2.75, 3.05) is 24.5 Å². The highest BCUT2D eigenvalue weighted by Gasteiger charge is 2.48. The molecule has 0 saturated carbocycles. The first-order valence-electron chi connectivity index (χ1n) is 9.49. The highest BCUT2D eigenvalue weighted by Crippen LogP contribution is 2.45. The molecule has 4 heterocycles. The predicted molar refractivity (Wildman–Crippen MR) is 101 cm³/mol. The zero-order valence-corrected chi connectivity index (χ0v) is 15.8. The fraction of sp³-hybridized carbons (Fsp3) is 0.579. The molecule has 0 aromatic carbocycles. The number of aliphatic hydroxyl groups is 1. The zero-order chi connectivity index (χ0) is 19.0. The van der Waals surface area contributed by atoms with Crippen LogP contribution in [0.5, 0.6) is 0 Å². The van der Waals surface area contributed by atoms with Crippen LogP contribution < -0.4 is 10.2 Å². The molecule has 4 rings (SSSR count).